The van der Waals surface area contributed by atoms with E-state index in [4.69, 9.17) is 4.74 Å². The van der Waals surface area contributed by atoms with Crippen molar-refractivity contribution in [2.45, 2.75) is 39.7 Å². The van der Waals surface area contributed by atoms with Crippen LogP contribution in [0, 0.1) is 12.8 Å². The molecule has 0 bridgehead atoms. The number of carbonyl (C=O) groups excluding carboxylic acids is 1. The number of ether oxygens (including phenoxy) is 1. The molecule has 2 aromatic heterocycles. The average Bonchev–Trinajstić information content (AvgIpc) is 2.67. The third-order valence-electron chi connectivity index (χ3n) is 5.57. The Balaban J connectivity index is 2.03. The number of para-hydroxylation sites is 1. The van der Waals surface area contributed by atoms with E-state index in [1.54, 1.807) is 24.6 Å². The van der Waals surface area contributed by atoms with Crippen LogP contribution in [0.25, 0.3) is 10.9 Å². The summed E-state index contributed by atoms with van der Waals surface area (Å²) >= 11 is 0. The first-order valence-corrected chi connectivity index (χ1v) is 9.81. The van der Waals surface area contributed by atoms with Gasteiger partial charge in [0.15, 0.2) is 0 Å². The lowest BCUT2D eigenvalue weighted by Gasteiger charge is -2.26. The van der Waals surface area contributed by atoms with E-state index in [0.717, 1.165) is 10.9 Å². The second-order valence-electron chi connectivity index (χ2n) is 8.13. The largest absolute Gasteiger partial charge is 0.426 e. The highest BCUT2D eigenvalue weighted by molar-refractivity contribution is 5.81. The zero-order valence-electron chi connectivity index (χ0n) is 17.1. The summed E-state index contributed by atoms with van der Waals surface area (Å²) in [5.74, 6) is -0.528. The summed E-state index contributed by atoms with van der Waals surface area (Å²) < 4.78 is 8.65. The molecule has 1 aromatic carbocycles. The molecule has 150 valence electrons. The van der Waals surface area contributed by atoms with Gasteiger partial charge in [-0.05, 0) is 30.4 Å². The number of esters is 1. The molecule has 4 rings (SSSR count). The Morgan fingerprint density at radius 1 is 1.10 bits per heavy atom. The molecule has 6 nitrogen and oxygen atoms in total. The summed E-state index contributed by atoms with van der Waals surface area (Å²) in [4.78, 5) is 38.8. The molecule has 0 saturated heterocycles. The van der Waals surface area contributed by atoms with Crippen molar-refractivity contribution in [2.24, 2.45) is 13.0 Å². The number of hydrogen-bond acceptors (Lipinski definition) is 4. The van der Waals surface area contributed by atoms with Gasteiger partial charge >= 0.3 is 5.97 Å². The van der Waals surface area contributed by atoms with Crippen molar-refractivity contribution in [3.8, 4) is 5.75 Å². The van der Waals surface area contributed by atoms with E-state index in [9.17, 15) is 14.4 Å². The highest BCUT2D eigenvalue weighted by Crippen LogP contribution is 2.36. The third-order valence-corrected chi connectivity index (χ3v) is 5.57. The number of aryl methyl sites for hydroxylation is 1. The van der Waals surface area contributed by atoms with Gasteiger partial charge in [-0.3, -0.25) is 14.4 Å². The van der Waals surface area contributed by atoms with Gasteiger partial charge in [-0.15, -0.1) is 0 Å². The molecule has 0 aliphatic carbocycles. The zero-order chi connectivity index (χ0) is 20.9. The van der Waals surface area contributed by atoms with Crippen molar-refractivity contribution in [3.63, 3.8) is 0 Å². The van der Waals surface area contributed by atoms with Crippen LogP contribution in [-0.4, -0.2) is 15.1 Å². The van der Waals surface area contributed by atoms with E-state index < -0.39 is 11.9 Å². The SMILES string of the molecule is Cc1cc2c(c(=O)n1C)C(c1cc3ccccc3n(CC(C)C)c1=O)CC(=O)O2. The van der Waals surface area contributed by atoms with E-state index >= 15 is 0 Å². The number of carbonyl (C=O) groups is 1. The lowest BCUT2D eigenvalue weighted by molar-refractivity contribution is -0.135. The summed E-state index contributed by atoms with van der Waals surface area (Å²) in [5.41, 5.74) is 1.99. The fourth-order valence-corrected chi connectivity index (χ4v) is 4.06. The summed E-state index contributed by atoms with van der Waals surface area (Å²) in [6.07, 6.45) is -0.0272. The summed E-state index contributed by atoms with van der Waals surface area (Å²) in [7, 11) is 1.68. The van der Waals surface area contributed by atoms with E-state index in [1.807, 2.05) is 30.3 Å². The molecule has 3 aromatic rings. The molecule has 0 amide bonds. The lowest BCUT2D eigenvalue weighted by Crippen LogP contribution is -2.35. The molecule has 0 N–H and O–H groups in total. The topological polar surface area (TPSA) is 70.3 Å². The maximum Gasteiger partial charge on any atom is 0.312 e. The van der Waals surface area contributed by atoms with Crippen molar-refractivity contribution in [1.29, 1.82) is 0 Å². The summed E-state index contributed by atoms with van der Waals surface area (Å²) in [6, 6.07) is 11.2. The monoisotopic (exact) mass is 392 g/mol. The number of aromatic nitrogens is 2. The van der Waals surface area contributed by atoms with E-state index in [1.165, 1.54) is 4.57 Å². The van der Waals surface area contributed by atoms with E-state index in [-0.39, 0.29) is 29.2 Å². The van der Waals surface area contributed by atoms with Gasteiger partial charge in [-0.25, -0.2) is 0 Å². The molecule has 0 saturated carbocycles. The third kappa shape index (κ3) is 3.18. The van der Waals surface area contributed by atoms with Gasteiger partial charge in [0.05, 0.1) is 17.5 Å². The van der Waals surface area contributed by atoms with Crippen LogP contribution in [-0.2, 0) is 18.4 Å². The van der Waals surface area contributed by atoms with Gasteiger partial charge in [0.1, 0.15) is 5.75 Å². The number of benzene rings is 1. The number of rotatable bonds is 3. The van der Waals surface area contributed by atoms with Crippen LogP contribution in [0.15, 0.2) is 46.0 Å². The van der Waals surface area contributed by atoms with Gasteiger partial charge in [-0.2, -0.15) is 0 Å². The van der Waals surface area contributed by atoms with Crippen LogP contribution in [0.4, 0.5) is 0 Å². The molecular weight excluding hydrogens is 368 g/mol. The van der Waals surface area contributed by atoms with Crippen molar-refractivity contribution in [1.82, 2.24) is 9.13 Å². The van der Waals surface area contributed by atoms with Crippen molar-refractivity contribution < 1.29 is 9.53 Å². The zero-order valence-corrected chi connectivity index (χ0v) is 17.1. The van der Waals surface area contributed by atoms with Crippen LogP contribution in [0.3, 0.4) is 0 Å². The molecule has 6 heteroatoms. The first-order valence-electron chi connectivity index (χ1n) is 9.81. The fourth-order valence-electron chi connectivity index (χ4n) is 4.06. The maximum absolute atomic E-state index is 13.5. The minimum atomic E-state index is -0.624. The van der Waals surface area contributed by atoms with Gasteiger partial charge in [0.25, 0.3) is 11.1 Å². The summed E-state index contributed by atoms with van der Waals surface area (Å²) in [5, 5.41) is 0.909. The minimum absolute atomic E-state index is 0.0272. The Labute approximate surface area is 168 Å². The standard InChI is InChI=1S/C23H24N2O4/c1-13(2)12-25-18-8-6-5-7-15(18)10-17(22(25)27)16-11-20(26)29-19-9-14(3)24(4)23(28)21(16)19/h5-10,13,16H,11-12H2,1-4H3. The van der Waals surface area contributed by atoms with Gasteiger partial charge in [0, 0.05) is 36.8 Å². The van der Waals surface area contributed by atoms with Gasteiger partial charge in [-0.1, -0.05) is 32.0 Å². The summed E-state index contributed by atoms with van der Waals surface area (Å²) in [6.45, 7) is 6.45. The highest BCUT2D eigenvalue weighted by atomic mass is 16.5. The second-order valence-corrected chi connectivity index (χ2v) is 8.13. The van der Waals surface area contributed by atoms with Crippen molar-refractivity contribution in [3.05, 3.63) is 73.9 Å². The molecule has 0 spiro atoms. The molecule has 1 atom stereocenters. The predicted molar refractivity (Wildman–Crippen MR) is 112 cm³/mol. The first kappa shape index (κ1) is 19.2. The van der Waals surface area contributed by atoms with Crippen LogP contribution in [0.2, 0.25) is 0 Å². The molecular formula is C23H24N2O4. The van der Waals surface area contributed by atoms with Gasteiger partial charge < -0.3 is 13.9 Å². The molecule has 1 aliphatic rings. The Morgan fingerprint density at radius 3 is 2.55 bits per heavy atom. The number of fused-ring (bicyclic) bond motifs is 2. The highest BCUT2D eigenvalue weighted by Gasteiger charge is 2.34. The Bertz CT molecular complexity index is 1250. The second kappa shape index (κ2) is 7.03. The van der Waals surface area contributed by atoms with Crippen LogP contribution in [0.5, 0.6) is 5.75 Å². The average molecular weight is 392 g/mol. The molecule has 3 heterocycles. The van der Waals surface area contributed by atoms with Crippen molar-refractivity contribution >= 4 is 16.9 Å². The van der Waals surface area contributed by atoms with Crippen LogP contribution in [0.1, 0.15) is 43.0 Å². The quantitative estimate of drug-likeness (QED) is 0.642. The maximum atomic E-state index is 13.5. The van der Waals surface area contributed by atoms with Crippen molar-refractivity contribution in [2.75, 3.05) is 0 Å². The lowest BCUT2D eigenvalue weighted by atomic mass is 9.87. The minimum Gasteiger partial charge on any atom is -0.426 e. The van der Waals surface area contributed by atoms with E-state index in [0.29, 0.717) is 23.4 Å². The number of nitrogens with zero attached hydrogens (tertiary/aromatic N) is 2. The Hall–Kier alpha value is -3.15. The predicted octanol–water partition coefficient (Wildman–Crippen LogP) is 3.11. The number of hydrogen-bond donors (Lipinski definition) is 0. The molecule has 1 unspecified atom stereocenters. The molecule has 1 aliphatic heterocycles. The fraction of sp³-hybridized carbons (Fsp3) is 0.348. The first-order chi connectivity index (χ1) is 13.8. The Kier molecular flexibility index (Phi) is 4.65. The molecule has 0 fully saturated rings. The van der Waals surface area contributed by atoms with Crippen LogP contribution < -0.4 is 15.9 Å². The molecule has 0 radical (unpaired) electrons. The molecule has 29 heavy (non-hydrogen) atoms. The van der Waals surface area contributed by atoms with E-state index in [2.05, 4.69) is 13.8 Å². The Morgan fingerprint density at radius 2 is 1.83 bits per heavy atom. The smallest absolute Gasteiger partial charge is 0.312 e. The van der Waals surface area contributed by atoms with Gasteiger partial charge in [0.2, 0.25) is 0 Å². The van der Waals surface area contributed by atoms with Crippen LogP contribution >= 0.6 is 0 Å². The normalized spacial score (nSPS) is 16.2. The number of pyridine rings is 2.